The van der Waals surface area contributed by atoms with Crippen molar-refractivity contribution in [2.24, 2.45) is 0 Å². The monoisotopic (exact) mass is 337 g/mol. The SMILES string of the molecule is CCc1cccc(C)c1Nc1nnc(SCCC(=O)OC)s1. The van der Waals surface area contributed by atoms with Crippen LogP contribution in [0.1, 0.15) is 24.5 Å². The Hall–Kier alpha value is -1.60. The van der Waals surface area contributed by atoms with Gasteiger partial charge in [0.05, 0.1) is 13.5 Å². The first-order valence-electron chi connectivity index (χ1n) is 7.02. The number of benzene rings is 1. The molecular formula is C15H19N3O2S2. The normalized spacial score (nSPS) is 10.5. The molecule has 5 nitrogen and oxygen atoms in total. The Morgan fingerprint density at radius 1 is 1.41 bits per heavy atom. The van der Waals surface area contributed by atoms with Crippen molar-refractivity contribution < 1.29 is 9.53 Å². The lowest BCUT2D eigenvalue weighted by atomic mass is 10.1. The van der Waals surface area contributed by atoms with Crippen molar-refractivity contribution in [1.82, 2.24) is 10.2 Å². The van der Waals surface area contributed by atoms with Crippen LogP contribution in [0.2, 0.25) is 0 Å². The molecule has 1 N–H and O–H groups in total. The number of carbonyl (C=O) groups excluding carboxylic acids is 1. The Labute approximate surface area is 138 Å². The maximum atomic E-state index is 11.1. The summed E-state index contributed by atoms with van der Waals surface area (Å²) in [7, 11) is 1.40. The van der Waals surface area contributed by atoms with Crippen molar-refractivity contribution in [2.75, 3.05) is 18.2 Å². The number of rotatable bonds is 7. The van der Waals surface area contributed by atoms with Crippen molar-refractivity contribution >= 4 is 39.9 Å². The Balaban J connectivity index is 1.99. The molecule has 1 aromatic carbocycles. The Morgan fingerprint density at radius 2 is 2.23 bits per heavy atom. The molecule has 0 spiro atoms. The second-order valence-corrected chi connectivity index (χ2v) is 6.95. The van der Waals surface area contributed by atoms with Crippen LogP contribution in [0.25, 0.3) is 0 Å². The van der Waals surface area contributed by atoms with E-state index in [1.54, 1.807) is 0 Å². The highest BCUT2D eigenvalue weighted by atomic mass is 32.2. The molecule has 2 aromatic rings. The zero-order valence-corrected chi connectivity index (χ0v) is 14.5. The van der Waals surface area contributed by atoms with Gasteiger partial charge in [-0.15, -0.1) is 10.2 Å². The first-order valence-corrected chi connectivity index (χ1v) is 8.83. The van der Waals surface area contributed by atoms with Crippen LogP contribution in [0.3, 0.4) is 0 Å². The quantitative estimate of drug-likeness (QED) is 0.612. The van der Waals surface area contributed by atoms with E-state index in [1.165, 1.54) is 41.3 Å². The van der Waals surface area contributed by atoms with Gasteiger partial charge in [-0.05, 0) is 24.5 Å². The number of anilines is 2. The minimum Gasteiger partial charge on any atom is -0.469 e. The van der Waals surface area contributed by atoms with Gasteiger partial charge in [-0.3, -0.25) is 4.79 Å². The van der Waals surface area contributed by atoms with Gasteiger partial charge < -0.3 is 10.1 Å². The van der Waals surface area contributed by atoms with E-state index in [4.69, 9.17) is 0 Å². The molecular weight excluding hydrogens is 318 g/mol. The summed E-state index contributed by atoms with van der Waals surface area (Å²) in [5.74, 6) is 0.439. The topological polar surface area (TPSA) is 64.1 Å². The van der Waals surface area contributed by atoms with E-state index < -0.39 is 0 Å². The molecule has 0 fully saturated rings. The molecule has 0 radical (unpaired) electrons. The van der Waals surface area contributed by atoms with E-state index in [-0.39, 0.29) is 5.97 Å². The minimum atomic E-state index is -0.206. The van der Waals surface area contributed by atoms with Crippen molar-refractivity contribution in [3.05, 3.63) is 29.3 Å². The first kappa shape index (κ1) is 16.8. The Bertz CT molecular complexity index is 643. The lowest BCUT2D eigenvalue weighted by molar-refractivity contribution is -0.140. The van der Waals surface area contributed by atoms with Crippen molar-refractivity contribution in [2.45, 2.75) is 31.0 Å². The number of thioether (sulfide) groups is 1. The van der Waals surface area contributed by atoms with Gasteiger partial charge in [0.2, 0.25) is 5.13 Å². The fourth-order valence-electron chi connectivity index (χ4n) is 1.95. The number of para-hydroxylation sites is 1. The van der Waals surface area contributed by atoms with Crippen molar-refractivity contribution in [3.8, 4) is 0 Å². The van der Waals surface area contributed by atoms with E-state index in [9.17, 15) is 4.79 Å². The van der Waals surface area contributed by atoms with Gasteiger partial charge in [-0.1, -0.05) is 48.2 Å². The van der Waals surface area contributed by atoms with Crippen molar-refractivity contribution in [3.63, 3.8) is 0 Å². The summed E-state index contributed by atoms with van der Waals surface area (Å²) in [6.07, 6.45) is 1.34. The number of hydrogen-bond acceptors (Lipinski definition) is 7. The van der Waals surface area contributed by atoms with E-state index in [0.717, 1.165) is 21.6 Å². The van der Waals surface area contributed by atoms with Crippen LogP contribution in [0, 0.1) is 6.92 Å². The maximum absolute atomic E-state index is 11.1. The number of carbonyl (C=O) groups is 1. The number of methoxy groups -OCH3 is 1. The van der Waals surface area contributed by atoms with Gasteiger partial charge in [-0.25, -0.2) is 0 Å². The van der Waals surface area contributed by atoms with Crippen LogP contribution < -0.4 is 5.32 Å². The van der Waals surface area contributed by atoms with Crippen LogP contribution in [0.5, 0.6) is 0 Å². The van der Waals surface area contributed by atoms with Crippen LogP contribution in [-0.4, -0.2) is 29.0 Å². The largest absolute Gasteiger partial charge is 0.469 e. The van der Waals surface area contributed by atoms with Crippen molar-refractivity contribution in [1.29, 1.82) is 0 Å². The summed E-state index contributed by atoms with van der Waals surface area (Å²) in [5.41, 5.74) is 3.55. The number of ether oxygens (including phenoxy) is 1. The molecule has 0 saturated heterocycles. The summed E-state index contributed by atoms with van der Waals surface area (Å²) in [5, 5.41) is 12.4. The molecule has 1 heterocycles. The highest BCUT2D eigenvalue weighted by molar-refractivity contribution is 8.01. The first-order chi connectivity index (χ1) is 10.6. The summed E-state index contributed by atoms with van der Waals surface area (Å²) < 4.78 is 5.46. The second kappa shape index (κ2) is 8.14. The molecule has 7 heteroatoms. The van der Waals surface area contributed by atoms with Crippen LogP contribution >= 0.6 is 23.1 Å². The molecule has 1 aromatic heterocycles. The van der Waals surface area contributed by atoms with Gasteiger partial charge in [-0.2, -0.15) is 0 Å². The Morgan fingerprint density at radius 3 is 2.95 bits per heavy atom. The summed E-state index contributed by atoms with van der Waals surface area (Å²) in [6.45, 7) is 4.21. The molecule has 0 saturated carbocycles. The van der Waals surface area contributed by atoms with E-state index in [1.807, 2.05) is 0 Å². The van der Waals surface area contributed by atoms with Crippen LogP contribution in [0.4, 0.5) is 10.8 Å². The van der Waals surface area contributed by atoms with Crippen LogP contribution in [-0.2, 0) is 16.0 Å². The smallest absolute Gasteiger partial charge is 0.306 e. The highest BCUT2D eigenvalue weighted by Gasteiger charge is 2.10. The fraction of sp³-hybridized carbons (Fsp3) is 0.400. The van der Waals surface area contributed by atoms with Gasteiger partial charge >= 0.3 is 5.97 Å². The average Bonchev–Trinajstić information content (AvgIpc) is 2.96. The second-order valence-electron chi connectivity index (χ2n) is 4.64. The minimum absolute atomic E-state index is 0.206. The molecule has 0 amide bonds. The summed E-state index contributed by atoms with van der Waals surface area (Å²) >= 11 is 3.01. The molecule has 0 bridgehead atoms. The van der Waals surface area contributed by atoms with Gasteiger partial charge in [0.25, 0.3) is 0 Å². The van der Waals surface area contributed by atoms with E-state index in [2.05, 4.69) is 52.3 Å². The number of hydrogen-bond donors (Lipinski definition) is 1. The number of aryl methyl sites for hydroxylation is 2. The Kier molecular flexibility index (Phi) is 6.21. The van der Waals surface area contributed by atoms with Gasteiger partial charge in [0, 0.05) is 11.4 Å². The average molecular weight is 337 g/mol. The number of nitrogens with one attached hydrogen (secondary N) is 1. The molecule has 0 atom stereocenters. The number of esters is 1. The fourth-order valence-corrected chi connectivity index (χ4v) is 3.70. The molecule has 0 aliphatic heterocycles. The zero-order valence-electron chi connectivity index (χ0n) is 12.9. The third-order valence-corrected chi connectivity index (χ3v) is 5.11. The molecule has 0 aliphatic rings. The van der Waals surface area contributed by atoms with E-state index >= 15 is 0 Å². The third kappa shape index (κ3) is 4.45. The molecule has 0 unspecified atom stereocenters. The van der Waals surface area contributed by atoms with Gasteiger partial charge in [0.15, 0.2) is 4.34 Å². The summed E-state index contributed by atoms with van der Waals surface area (Å²) in [6, 6.07) is 6.25. The highest BCUT2D eigenvalue weighted by Crippen LogP contribution is 2.30. The predicted octanol–water partition coefficient (Wildman–Crippen LogP) is 3.81. The zero-order chi connectivity index (χ0) is 15.9. The molecule has 2 rings (SSSR count). The maximum Gasteiger partial charge on any atom is 0.306 e. The lowest BCUT2D eigenvalue weighted by Crippen LogP contribution is -2.00. The van der Waals surface area contributed by atoms with E-state index in [0.29, 0.717) is 12.2 Å². The third-order valence-electron chi connectivity index (χ3n) is 3.14. The molecule has 22 heavy (non-hydrogen) atoms. The lowest BCUT2D eigenvalue weighted by Gasteiger charge is -2.11. The predicted molar refractivity (Wildman–Crippen MR) is 91.1 cm³/mol. The molecule has 0 aliphatic carbocycles. The number of aromatic nitrogens is 2. The summed E-state index contributed by atoms with van der Waals surface area (Å²) in [4.78, 5) is 11.1. The van der Waals surface area contributed by atoms with Crippen LogP contribution in [0.15, 0.2) is 22.5 Å². The van der Waals surface area contributed by atoms with Gasteiger partial charge in [0.1, 0.15) is 0 Å². The number of nitrogens with zero attached hydrogens (tertiary/aromatic N) is 2. The standard InChI is InChI=1S/C15H19N3O2S2/c1-4-11-7-5-6-10(2)13(11)16-14-17-18-15(22-14)21-9-8-12(19)20-3/h5-7H,4,8-9H2,1-3H3,(H,16,17). The molecule has 118 valence electrons.